The van der Waals surface area contributed by atoms with E-state index in [-0.39, 0.29) is 6.03 Å². The summed E-state index contributed by atoms with van der Waals surface area (Å²) in [4.78, 5) is 11.7. The minimum atomic E-state index is -0.149. The molecule has 0 bridgehead atoms. The topological polar surface area (TPSA) is 77.6 Å². The first-order valence-corrected chi connectivity index (χ1v) is 8.30. The van der Waals surface area contributed by atoms with Crippen LogP contribution in [-0.2, 0) is 0 Å². The lowest BCUT2D eigenvalue weighted by molar-refractivity contribution is 0.251. The molecular weight excluding hydrogens is 310 g/mol. The number of anilines is 1. The van der Waals surface area contributed by atoms with Crippen molar-refractivity contribution in [3.05, 3.63) is 29.8 Å². The molecule has 6 nitrogen and oxygen atoms in total. The molecule has 0 heterocycles. The lowest BCUT2D eigenvalue weighted by Gasteiger charge is -2.08. The fraction of sp³-hybridized carbons (Fsp3) is 0.438. The van der Waals surface area contributed by atoms with E-state index in [1.54, 1.807) is 0 Å². The Kier molecular flexibility index (Phi) is 4.76. The van der Waals surface area contributed by atoms with Gasteiger partial charge in [-0.2, -0.15) is 5.10 Å². The van der Waals surface area contributed by atoms with Crippen molar-refractivity contribution >= 4 is 34.8 Å². The standard InChI is InChI=1S/C16H21N5OS/c1-10(20-21-16(23)19-14-8-9-14)11-2-4-12(5-3-11)17-15(22)18-13-6-7-13/h2-5,13-14H,6-9H2,1H3,(H2,17,18,22)(H2,19,21,23)/b20-10+. The van der Waals surface area contributed by atoms with Crippen molar-refractivity contribution in [1.29, 1.82) is 0 Å². The molecule has 0 atom stereocenters. The Balaban J connectivity index is 1.50. The molecule has 4 N–H and O–H groups in total. The van der Waals surface area contributed by atoms with Crippen LogP contribution in [0.2, 0.25) is 0 Å². The van der Waals surface area contributed by atoms with Crippen LogP contribution in [0.25, 0.3) is 0 Å². The summed E-state index contributed by atoms with van der Waals surface area (Å²) in [5.41, 5.74) is 5.42. The first-order valence-electron chi connectivity index (χ1n) is 7.89. The summed E-state index contributed by atoms with van der Waals surface area (Å²) in [6.45, 7) is 1.91. The molecule has 2 aliphatic rings. The number of carbonyl (C=O) groups is 1. The largest absolute Gasteiger partial charge is 0.359 e. The van der Waals surface area contributed by atoms with Crippen molar-refractivity contribution in [2.75, 3.05) is 5.32 Å². The zero-order chi connectivity index (χ0) is 16.2. The molecule has 2 aliphatic carbocycles. The molecule has 122 valence electrons. The van der Waals surface area contributed by atoms with Crippen LogP contribution >= 0.6 is 12.2 Å². The van der Waals surface area contributed by atoms with E-state index < -0.39 is 0 Å². The number of nitrogens with zero attached hydrogens (tertiary/aromatic N) is 1. The van der Waals surface area contributed by atoms with Crippen molar-refractivity contribution in [3.63, 3.8) is 0 Å². The van der Waals surface area contributed by atoms with E-state index in [1.807, 2.05) is 31.2 Å². The van der Waals surface area contributed by atoms with Gasteiger partial charge in [-0.15, -0.1) is 0 Å². The fourth-order valence-electron chi connectivity index (χ4n) is 2.02. The maximum Gasteiger partial charge on any atom is 0.319 e. The van der Waals surface area contributed by atoms with Gasteiger partial charge in [0.2, 0.25) is 0 Å². The molecule has 2 fully saturated rings. The van der Waals surface area contributed by atoms with Gasteiger partial charge in [0, 0.05) is 17.8 Å². The normalized spacial score (nSPS) is 17.3. The number of nitrogens with one attached hydrogen (secondary N) is 4. The molecule has 0 saturated heterocycles. The maximum atomic E-state index is 11.7. The van der Waals surface area contributed by atoms with E-state index in [4.69, 9.17) is 12.2 Å². The van der Waals surface area contributed by atoms with Crippen LogP contribution in [0, 0.1) is 0 Å². The molecule has 0 aromatic heterocycles. The third-order valence-electron chi connectivity index (χ3n) is 3.71. The van der Waals surface area contributed by atoms with Gasteiger partial charge >= 0.3 is 6.03 Å². The van der Waals surface area contributed by atoms with Gasteiger partial charge in [-0.3, -0.25) is 5.43 Å². The Bertz CT molecular complexity index is 620. The second-order valence-electron chi connectivity index (χ2n) is 6.01. The van der Waals surface area contributed by atoms with Crippen LogP contribution in [0.15, 0.2) is 29.4 Å². The maximum absolute atomic E-state index is 11.7. The summed E-state index contributed by atoms with van der Waals surface area (Å²) in [6.07, 6.45) is 4.50. The average Bonchev–Trinajstić information content (AvgIpc) is 3.42. The lowest BCUT2D eigenvalue weighted by Crippen LogP contribution is -2.34. The highest BCUT2D eigenvalue weighted by Gasteiger charge is 2.23. The molecule has 1 aromatic rings. The minimum Gasteiger partial charge on any atom is -0.359 e. The van der Waals surface area contributed by atoms with Gasteiger partial charge in [0.15, 0.2) is 5.11 Å². The smallest absolute Gasteiger partial charge is 0.319 e. The van der Waals surface area contributed by atoms with E-state index in [1.165, 1.54) is 12.8 Å². The summed E-state index contributed by atoms with van der Waals surface area (Å²) in [5, 5.41) is 13.7. The summed E-state index contributed by atoms with van der Waals surface area (Å²) in [6, 6.07) is 8.28. The Morgan fingerprint density at radius 2 is 1.70 bits per heavy atom. The highest BCUT2D eigenvalue weighted by molar-refractivity contribution is 7.80. The summed E-state index contributed by atoms with van der Waals surface area (Å²) < 4.78 is 0. The Morgan fingerprint density at radius 1 is 1.09 bits per heavy atom. The van der Waals surface area contributed by atoms with Crippen LogP contribution in [-0.4, -0.2) is 28.9 Å². The van der Waals surface area contributed by atoms with E-state index >= 15 is 0 Å². The van der Waals surface area contributed by atoms with Crippen molar-refractivity contribution < 1.29 is 4.79 Å². The second-order valence-corrected chi connectivity index (χ2v) is 6.42. The van der Waals surface area contributed by atoms with Gasteiger partial charge in [-0.05, 0) is 62.5 Å². The van der Waals surface area contributed by atoms with Crippen LogP contribution in [0.4, 0.5) is 10.5 Å². The van der Waals surface area contributed by atoms with Crippen molar-refractivity contribution in [1.82, 2.24) is 16.1 Å². The SMILES string of the molecule is C/C(=N\NC(=S)NC1CC1)c1ccc(NC(=O)NC2CC2)cc1. The van der Waals surface area contributed by atoms with Crippen molar-refractivity contribution in [2.45, 2.75) is 44.7 Å². The first kappa shape index (κ1) is 15.7. The van der Waals surface area contributed by atoms with Gasteiger partial charge < -0.3 is 16.0 Å². The molecule has 2 amide bonds. The molecule has 0 aliphatic heterocycles. The van der Waals surface area contributed by atoms with E-state index in [0.717, 1.165) is 29.8 Å². The number of benzene rings is 1. The quantitative estimate of drug-likeness (QED) is 0.379. The first-order chi connectivity index (χ1) is 11.1. The van der Waals surface area contributed by atoms with E-state index in [9.17, 15) is 4.79 Å². The average molecular weight is 331 g/mol. The Hall–Kier alpha value is -2.15. The molecule has 7 heteroatoms. The molecule has 1 aromatic carbocycles. The van der Waals surface area contributed by atoms with Gasteiger partial charge in [-0.25, -0.2) is 4.79 Å². The van der Waals surface area contributed by atoms with Gasteiger partial charge in [0.25, 0.3) is 0 Å². The van der Waals surface area contributed by atoms with E-state index in [0.29, 0.717) is 17.2 Å². The van der Waals surface area contributed by atoms with Crippen LogP contribution in [0.1, 0.15) is 38.2 Å². The lowest BCUT2D eigenvalue weighted by atomic mass is 10.1. The molecule has 0 unspecified atom stereocenters. The number of carbonyl (C=O) groups excluding carboxylic acids is 1. The summed E-state index contributed by atoms with van der Waals surface area (Å²) in [7, 11) is 0. The van der Waals surface area contributed by atoms with Crippen molar-refractivity contribution in [2.24, 2.45) is 5.10 Å². The highest BCUT2D eigenvalue weighted by Crippen LogP contribution is 2.19. The third-order valence-corrected chi connectivity index (χ3v) is 3.92. The van der Waals surface area contributed by atoms with Crippen molar-refractivity contribution in [3.8, 4) is 0 Å². The fourth-order valence-corrected chi connectivity index (χ4v) is 2.23. The summed E-state index contributed by atoms with van der Waals surface area (Å²) >= 11 is 5.16. The number of hydrogen-bond acceptors (Lipinski definition) is 3. The van der Waals surface area contributed by atoms with E-state index in [2.05, 4.69) is 26.5 Å². The second kappa shape index (κ2) is 6.95. The molecule has 2 saturated carbocycles. The zero-order valence-electron chi connectivity index (χ0n) is 13.1. The predicted molar refractivity (Wildman–Crippen MR) is 95.7 cm³/mol. The third kappa shape index (κ3) is 5.21. The Morgan fingerprint density at radius 3 is 2.30 bits per heavy atom. The van der Waals surface area contributed by atoms with Crippen LogP contribution < -0.4 is 21.4 Å². The predicted octanol–water partition coefficient (Wildman–Crippen LogP) is 2.32. The molecule has 0 spiro atoms. The zero-order valence-corrected chi connectivity index (χ0v) is 13.9. The van der Waals surface area contributed by atoms with Gasteiger partial charge in [-0.1, -0.05) is 12.1 Å². The molecule has 3 rings (SSSR count). The number of urea groups is 1. The number of rotatable bonds is 5. The number of amides is 2. The molecule has 0 radical (unpaired) electrons. The molecule has 23 heavy (non-hydrogen) atoms. The van der Waals surface area contributed by atoms with Gasteiger partial charge in [0.05, 0.1) is 5.71 Å². The minimum absolute atomic E-state index is 0.149. The number of hydrazone groups is 1. The van der Waals surface area contributed by atoms with Crippen LogP contribution in [0.5, 0.6) is 0 Å². The molecular formula is C16H21N5OS. The van der Waals surface area contributed by atoms with Crippen LogP contribution in [0.3, 0.4) is 0 Å². The number of thiocarbonyl (C=S) groups is 1. The summed E-state index contributed by atoms with van der Waals surface area (Å²) in [5.74, 6) is 0. The van der Waals surface area contributed by atoms with Gasteiger partial charge in [0.1, 0.15) is 0 Å². The monoisotopic (exact) mass is 331 g/mol. The number of hydrogen-bond donors (Lipinski definition) is 4. The Labute approximate surface area is 141 Å². The highest BCUT2D eigenvalue weighted by atomic mass is 32.1.